The molecule has 1 unspecified atom stereocenters. The SMILES string of the molecule is CC(CN1CCCCC1)NC(=O)c1ccc(F)c(N)c1. The number of amides is 1. The second-order valence-electron chi connectivity index (χ2n) is 5.47. The van der Waals surface area contributed by atoms with E-state index >= 15 is 0 Å². The fourth-order valence-corrected chi connectivity index (χ4v) is 2.57. The Morgan fingerprint density at radius 1 is 1.40 bits per heavy atom. The maximum absolute atomic E-state index is 13.1. The number of nitrogens with two attached hydrogens (primary N) is 1. The Morgan fingerprint density at radius 3 is 2.75 bits per heavy atom. The lowest BCUT2D eigenvalue weighted by Gasteiger charge is -2.29. The fraction of sp³-hybridized carbons (Fsp3) is 0.533. The average molecular weight is 279 g/mol. The summed E-state index contributed by atoms with van der Waals surface area (Å²) in [7, 11) is 0. The largest absolute Gasteiger partial charge is 0.396 e. The van der Waals surface area contributed by atoms with Crippen molar-refractivity contribution in [3.8, 4) is 0 Å². The summed E-state index contributed by atoms with van der Waals surface area (Å²) in [6.45, 7) is 5.04. The Labute approximate surface area is 119 Å². The number of carbonyl (C=O) groups excluding carboxylic acids is 1. The number of nitrogens with zero attached hydrogens (tertiary/aromatic N) is 1. The molecule has 110 valence electrons. The van der Waals surface area contributed by atoms with E-state index in [0.717, 1.165) is 19.6 Å². The number of likely N-dealkylation sites (tertiary alicyclic amines) is 1. The average Bonchev–Trinajstić information content (AvgIpc) is 2.42. The lowest BCUT2D eigenvalue weighted by atomic mass is 10.1. The van der Waals surface area contributed by atoms with E-state index in [1.807, 2.05) is 6.92 Å². The summed E-state index contributed by atoms with van der Waals surface area (Å²) < 4.78 is 13.1. The molecule has 3 N–H and O–H groups in total. The quantitative estimate of drug-likeness (QED) is 0.829. The van der Waals surface area contributed by atoms with Gasteiger partial charge in [0.1, 0.15) is 5.82 Å². The smallest absolute Gasteiger partial charge is 0.251 e. The molecule has 0 saturated carbocycles. The van der Waals surface area contributed by atoms with E-state index in [2.05, 4.69) is 10.2 Å². The van der Waals surface area contributed by atoms with Crippen LogP contribution in [-0.2, 0) is 0 Å². The molecule has 0 spiro atoms. The molecule has 2 rings (SSSR count). The molecule has 1 heterocycles. The minimum Gasteiger partial charge on any atom is -0.396 e. The van der Waals surface area contributed by atoms with Gasteiger partial charge in [0, 0.05) is 18.2 Å². The number of hydrogen-bond acceptors (Lipinski definition) is 3. The maximum Gasteiger partial charge on any atom is 0.251 e. The van der Waals surface area contributed by atoms with E-state index in [9.17, 15) is 9.18 Å². The van der Waals surface area contributed by atoms with Crippen molar-refractivity contribution in [3.63, 3.8) is 0 Å². The van der Waals surface area contributed by atoms with Gasteiger partial charge in [-0.1, -0.05) is 6.42 Å². The standard InChI is InChI=1S/C15H22FN3O/c1-11(10-19-7-3-2-4-8-19)18-15(20)12-5-6-13(16)14(17)9-12/h5-6,9,11H,2-4,7-8,10,17H2,1H3,(H,18,20). The fourth-order valence-electron chi connectivity index (χ4n) is 2.57. The highest BCUT2D eigenvalue weighted by Crippen LogP contribution is 2.13. The number of nitrogens with one attached hydrogen (secondary N) is 1. The molecule has 1 aromatic rings. The lowest BCUT2D eigenvalue weighted by Crippen LogP contribution is -2.43. The molecule has 0 radical (unpaired) electrons. The summed E-state index contributed by atoms with van der Waals surface area (Å²) >= 11 is 0. The first-order valence-corrected chi connectivity index (χ1v) is 7.14. The van der Waals surface area contributed by atoms with Gasteiger partial charge in [-0.15, -0.1) is 0 Å². The minimum absolute atomic E-state index is 0.00123. The Hall–Kier alpha value is -1.62. The van der Waals surface area contributed by atoms with Gasteiger partial charge < -0.3 is 16.0 Å². The molecule has 4 nitrogen and oxygen atoms in total. The monoisotopic (exact) mass is 279 g/mol. The highest BCUT2D eigenvalue weighted by molar-refractivity contribution is 5.95. The second-order valence-corrected chi connectivity index (χ2v) is 5.47. The molecular weight excluding hydrogens is 257 g/mol. The van der Waals surface area contributed by atoms with Crippen LogP contribution in [0, 0.1) is 5.82 Å². The van der Waals surface area contributed by atoms with Gasteiger partial charge in [-0.25, -0.2) is 4.39 Å². The van der Waals surface area contributed by atoms with Crippen molar-refractivity contribution in [2.75, 3.05) is 25.4 Å². The summed E-state index contributed by atoms with van der Waals surface area (Å²) in [5.41, 5.74) is 5.87. The van der Waals surface area contributed by atoms with Crippen LogP contribution in [0.5, 0.6) is 0 Å². The Balaban J connectivity index is 1.87. The molecular formula is C15H22FN3O. The van der Waals surface area contributed by atoms with E-state index < -0.39 is 5.82 Å². The molecule has 1 aromatic carbocycles. The topological polar surface area (TPSA) is 58.4 Å². The first-order valence-electron chi connectivity index (χ1n) is 7.14. The van der Waals surface area contributed by atoms with E-state index in [4.69, 9.17) is 5.73 Å². The van der Waals surface area contributed by atoms with Crippen molar-refractivity contribution < 1.29 is 9.18 Å². The number of rotatable bonds is 4. The van der Waals surface area contributed by atoms with Gasteiger partial charge >= 0.3 is 0 Å². The number of benzene rings is 1. The van der Waals surface area contributed by atoms with Crippen LogP contribution in [0.1, 0.15) is 36.5 Å². The van der Waals surface area contributed by atoms with E-state index in [0.29, 0.717) is 5.56 Å². The molecule has 1 amide bonds. The van der Waals surface area contributed by atoms with Gasteiger partial charge in [-0.3, -0.25) is 4.79 Å². The van der Waals surface area contributed by atoms with E-state index in [1.165, 1.54) is 37.5 Å². The zero-order chi connectivity index (χ0) is 14.5. The molecule has 1 atom stereocenters. The Bertz CT molecular complexity index is 472. The van der Waals surface area contributed by atoms with Crippen molar-refractivity contribution >= 4 is 11.6 Å². The van der Waals surface area contributed by atoms with Crippen LogP contribution >= 0.6 is 0 Å². The molecule has 1 aliphatic rings. The third kappa shape index (κ3) is 3.93. The second kappa shape index (κ2) is 6.70. The summed E-state index contributed by atoms with van der Waals surface area (Å²) in [6.07, 6.45) is 3.76. The highest BCUT2D eigenvalue weighted by Gasteiger charge is 2.16. The molecule has 0 aromatic heterocycles. The number of carbonyl (C=O) groups is 1. The Morgan fingerprint density at radius 2 is 2.10 bits per heavy atom. The van der Waals surface area contributed by atoms with Gasteiger partial charge in [0.15, 0.2) is 0 Å². The van der Waals surface area contributed by atoms with Crippen molar-refractivity contribution in [2.45, 2.75) is 32.2 Å². The van der Waals surface area contributed by atoms with Gasteiger partial charge in [0.2, 0.25) is 0 Å². The number of halogens is 1. The summed E-state index contributed by atoms with van der Waals surface area (Å²) in [5.74, 6) is -0.705. The van der Waals surface area contributed by atoms with Crippen LogP contribution < -0.4 is 11.1 Å². The Kier molecular flexibility index (Phi) is 4.95. The van der Waals surface area contributed by atoms with Gasteiger partial charge in [-0.2, -0.15) is 0 Å². The third-order valence-electron chi connectivity index (χ3n) is 3.62. The van der Waals surface area contributed by atoms with Crippen molar-refractivity contribution in [1.82, 2.24) is 10.2 Å². The predicted octanol–water partition coefficient (Wildman–Crippen LogP) is 2.01. The number of anilines is 1. The van der Waals surface area contributed by atoms with Crippen LogP contribution in [-0.4, -0.2) is 36.5 Å². The summed E-state index contributed by atoms with van der Waals surface area (Å²) in [5, 5.41) is 2.93. The molecule has 0 aliphatic carbocycles. The van der Waals surface area contributed by atoms with E-state index in [1.54, 1.807) is 0 Å². The zero-order valence-electron chi connectivity index (χ0n) is 11.9. The molecule has 5 heteroatoms. The third-order valence-corrected chi connectivity index (χ3v) is 3.62. The van der Waals surface area contributed by atoms with Crippen molar-refractivity contribution in [2.24, 2.45) is 0 Å². The van der Waals surface area contributed by atoms with Crippen molar-refractivity contribution in [3.05, 3.63) is 29.6 Å². The lowest BCUT2D eigenvalue weighted by molar-refractivity contribution is 0.0925. The van der Waals surface area contributed by atoms with E-state index in [-0.39, 0.29) is 17.6 Å². The highest BCUT2D eigenvalue weighted by atomic mass is 19.1. The van der Waals surface area contributed by atoms with Crippen LogP contribution in [0.15, 0.2) is 18.2 Å². The number of piperidine rings is 1. The number of hydrogen-bond donors (Lipinski definition) is 2. The van der Waals surface area contributed by atoms with Crippen LogP contribution in [0.2, 0.25) is 0 Å². The van der Waals surface area contributed by atoms with Crippen LogP contribution in [0.4, 0.5) is 10.1 Å². The number of nitrogen functional groups attached to an aromatic ring is 1. The summed E-state index contributed by atoms with van der Waals surface area (Å²) in [4.78, 5) is 14.4. The van der Waals surface area contributed by atoms with Gasteiger partial charge in [0.25, 0.3) is 5.91 Å². The zero-order valence-corrected chi connectivity index (χ0v) is 11.9. The normalized spacial score (nSPS) is 17.7. The van der Waals surface area contributed by atoms with Crippen LogP contribution in [0.25, 0.3) is 0 Å². The maximum atomic E-state index is 13.1. The first kappa shape index (κ1) is 14.8. The van der Waals surface area contributed by atoms with Crippen molar-refractivity contribution in [1.29, 1.82) is 0 Å². The molecule has 1 fully saturated rings. The predicted molar refractivity (Wildman–Crippen MR) is 78.0 cm³/mol. The first-order chi connectivity index (χ1) is 9.56. The summed E-state index contributed by atoms with van der Waals surface area (Å²) in [6, 6.07) is 4.11. The molecule has 20 heavy (non-hydrogen) atoms. The minimum atomic E-state index is -0.497. The van der Waals surface area contributed by atoms with Gasteiger partial charge in [-0.05, 0) is 51.1 Å². The molecule has 0 bridgehead atoms. The van der Waals surface area contributed by atoms with Gasteiger partial charge in [0.05, 0.1) is 5.69 Å². The molecule has 1 aliphatic heterocycles. The van der Waals surface area contributed by atoms with Crippen LogP contribution in [0.3, 0.4) is 0 Å². The molecule has 1 saturated heterocycles.